The Bertz CT molecular complexity index is 901. The molecule has 8 heteroatoms. The van der Waals surface area contributed by atoms with Crippen LogP contribution in [-0.4, -0.2) is 36.5 Å². The van der Waals surface area contributed by atoms with Gasteiger partial charge in [-0.1, -0.05) is 0 Å². The molecule has 1 aliphatic heterocycles. The standard InChI is InChI=1S/C19H19N3O5/c1-11-5-13(6-12(2)18(11)24)8-21-22-17(23)9-20-19(25)14-3-4-15-16(7-14)27-10-26-15/h3-8,24H,9-10H2,1-2H3,(H,20,25)(H,22,23). The summed E-state index contributed by atoms with van der Waals surface area (Å²) in [6.45, 7) is 3.47. The number of ether oxygens (including phenoxy) is 2. The lowest BCUT2D eigenvalue weighted by molar-refractivity contribution is -0.120. The molecular formula is C19H19N3O5. The minimum Gasteiger partial charge on any atom is -0.507 e. The molecule has 2 amide bonds. The van der Waals surface area contributed by atoms with Gasteiger partial charge in [-0.05, 0) is 60.9 Å². The van der Waals surface area contributed by atoms with E-state index in [4.69, 9.17) is 9.47 Å². The molecule has 1 aliphatic rings. The van der Waals surface area contributed by atoms with Gasteiger partial charge in [0.15, 0.2) is 11.5 Å². The first-order chi connectivity index (χ1) is 12.9. The Labute approximate surface area is 155 Å². The lowest BCUT2D eigenvalue weighted by atomic mass is 10.1. The summed E-state index contributed by atoms with van der Waals surface area (Å²) >= 11 is 0. The van der Waals surface area contributed by atoms with Gasteiger partial charge >= 0.3 is 0 Å². The molecule has 0 fully saturated rings. The third-order valence-electron chi connectivity index (χ3n) is 3.96. The number of benzene rings is 2. The Morgan fingerprint density at radius 2 is 1.85 bits per heavy atom. The Hall–Kier alpha value is -3.55. The van der Waals surface area contributed by atoms with Crippen LogP contribution >= 0.6 is 0 Å². The van der Waals surface area contributed by atoms with Crippen LogP contribution in [0.2, 0.25) is 0 Å². The average molecular weight is 369 g/mol. The topological polar surface area (TPSA) is 109 Å². The molecule has 0 unspecified atom stereocenters. The van der Waals surface area contributed by atoms with Crippen molar-refractivity contribution in [1.29, 1.82) is 0 Å². The first-order valence-electron chi connectivity index (χ1n) is 8.24. The summed E-state index contributed by atoms with van der Waals surface area (Å²) in [5.41, 5.74) is 4.89. The molecule has 3 N–H and O–H groups in total. The Balaban J connectivity index is 1.50. The number of aryl methyl sites for hydroxylation is 2. The Morgan fingerprint density at radius 3 is 2.59 bits per heavy atom. The molecule has 8 nitrogen and oxygen atoms in total. The van der Waals surface area contributed by atoms with E-state index in [1.54, 1.807) is 44.2 Å². The lowest BCUT2D eigenvalue weighted by Gasteiger charge is -2.06. The maximum Gasteiger partial charge on any atom is 0.259 e. The van der Waals surface area contributed by atoms with Crippen LogP contribution in [0.3, 0.4) is 0 Å². The summed E-state index contributed by atoms with van der Waals surface area (Å²) in [4.78, 5) is 23.9. The van der Waals surface area contributed by atoms with E-state index in [0.717, 1.165) is 16.7 Å². The van der Waals surface area contributed by atoms with E-state index in [-0.39, 0.29) is 19.1 Å². The average Bonchev–Trinajstić information content (AvgIpc) is 3.11. The first-order valence-corrected chi connectivity index (χ1v) is 8.24. The molecule has 140 valence electrons. The number of phenols is 1. The molecule has 0 saturated heterocycles. The summed E-state index contributed by atoms with van der Waals surface area (Å²) in [6, 6.07) is 8.29. The molecule has 0 radical (unpaired) electrons. The quantitative estimate of drug-likeness (QED) is 0.548. The number of carbonyl (C=O) groups is 2. The molecule has 1 heterocycles. The van der Waals surface area contributed by atoms with E-state index >= 15 is 0 Å². The third kappa shape index (κ3) is 4.35. The number of phenolic OH excluding ortho intramolecular Hbond substituents is 1. The highest BCUT2D eigenvalue weighted by Crippen LogP contribution is 2.32. The molecule has 27 heavy (non-hydrogen) atoms. The van der Waals surface area contributed by atoms with E-state index in [0.29, 0.717) is 17.1 Å². The van der Waals surface area contributed by atoms with Gasteiger partial charge < -0.3 is 19.9 Å². The summed E-state index contributed by atoms with van der Waals surface area (Å²) in [5.74, 6) is 0.446. The van der Waals surface area contributed by atoms with Crippen molar-refractivity contribution in [2.45, 2.75) is 13.8 Å². The second-order valence-corrected chi connectivity index (χ2v) is 6.05. The van der Waals surface area contributed by atoms with Crippen molar-refractivity contribution in [3.8, 4) is 17.2 Å². The number of amides is 2. The zero-order chi connectivity index (χ0) is 19.4. The van der Waals surface area contributed by atoms with Crippen LogP contribution in [0.4, 0.5) is 0 Å². The van der Waals surface area contributed by atoms with Crippen molar-refractivity contribution in [2.75, 3.05) is 13.3 Å². The van der Waals surface area contributed by atoms with E-state index in [1.165, 1.54) is 6.21 Å². The van der Waals surface area contributed by atoms with Crippen molar-refractivity contribution in [2.24, 2.45) is 5.10 Å². The minimum atomic E-state index is -0.465. The van der Waals surface area contributed by atoms with Crippen LogP contribution < -0.4 is 20.2 Å². The first kappa shape index (κ1) is 18.2. The molecule has 0 aromatic heterocycles. The van der Waals surface area contributed by atoms with Crippen molar-refractivity contribution >= 4 is 18.0 Å². The number of nitrogens with one attached hydrogen (secondary N) is 2. The van der Waals surface area contributed by atoms with Gasteiger partial charge in [0.05, 0.1) is 12.8 Å². The zero-order valence-electron chi connectivity index (χ0n) is 14.9. The van der Waals surface area contributed by atoms with Crippen LogP contribution in [-0.2, 0) is 4.79 Å². The second-order valence-electron chi connectivity index (χ2n) is 6.05. The van der Waals surface area contributed by atoms with Gasteiger partial charge in [-0.15, -0.1) is 0 Å². The van der Waals surface area contributed by atoms with Crippen molar-refractivity contribution in [3.05, 3.63) is 52.6 Å². The lowest BCUT2D eigenvalue weighted by Crippen LogP contribution is -2.34. The van der Waals surface area contributed by atoms with Gasteiger partial charge in [0.1, 0.15) is 5.75 Å². The number of aromatic hydroxyl groups is 1. The van der Waals surface area contributed by atoms with Gasteiger partial charge in [-0.25, -0.2) is 5.43 Å². The smallest absolute Gasteiger partial charge is 0.259 e. The maximum atomic E-state index is 12.1. The molecule has 2 aromatic rings. The number of hydrogen-bond donors (Lipinski definition) is 3. The number of rotatable bonds is 5. The summed E-state index contributed by atoms with van der Waals surface area (Å²) in [6.07, 6.45) is 1.47. The largest absolute Gasteiger partial charge is 0.507 e. The molecule has 0 saturated carbocycles. The summed E-state index contributed by atoms with van der Waals surface area (Å²) in [7, 11) is 0. The number of fused-ring (bicyclic) bond motifs is 1. The molecule has 3 rings (SSSR count). The number of nitrogens with zero attached hydrogens (tertiary/aromatic N) is 1. The van der Waals surface area contributed by atoms with Crippen LogP contribution in [0.25, 0.3) is 0 Å². The highest BCUT2D eigenvalue weighted by Gasteiger charge is 2.16. The van der Waals surface area contributed by atoms with Crippen molar-refractivity contribution in [1.82, 2.24) is 10.7 Å². The fourth-order valence-electron chi connectivity index (χ4n) is 2.58. The zero-order valence-corrected chi connectivity index (χ0v) is 14.9. The predicted molar refractivity (Wildman–Crippen MR) is 98.2 cm³/mol. The predicted octanol–water partition coefficient (Wildman–Crippen LogP) is 1.62. The van der Waals surface area contributed by atoms with Crippen molar-refractivity contribution in [3.63, 3.8) is 0 Å². The molecule has 0 bridgehead atoms. The molecular weight excluding hydrogens is 350 g/mol. The summed E-state index contributed by atoms with van der Waals surface area (Å²) < 4.78 is 10.4. The van der Waals surface area contributed by atoms with Gasteiger partial charge in [0.2, 0.25) is 6.79 Å². The van der Waals surface area contributed by atoms with Crippen LogP contribution in [0, 0.1) is 13.8 Å². The fraction of sp³-hybridized carbons (Fsp3) is 0.211. The second kappa shape index (κ2) is 7.77. The Morgan fingerprint density at radius 1 is 1.15 bits per heavy atom. The van der Waals surface area contributed by atoms with E-state index in [9.17, 15) is 14.7 Å². The third-order valence-corrected chi connectivity index (χ3v) is 3.96. The van der Waals surface area contributed by atoms with Gasteiger partial charge in [0, 0.05) is 5.56 Å². The molecule has 0 atom stereocenters. The SMILES string of the molecule is Cc1cc(C=NNC(=O)CNC(=O)c2ccc3c(c2)OCO3)cc(C)c1O. The maximum absolute atomic E-state index is 12.1. The number of carbonyl (C=O) groups excluding carboxylic acids is 2. The van der Waals surface area contributed by atoms with Crippen LogP contribution in [0.1, 0.15) is 27.0 Å². The van der Waals surface area contributed by atoms with Gasteiger partial charge in [0.25, 0.3) is 11.8 Å². The van der Waals surface area contributed by atoms with Crippen LogP contribution in [0.5, 0.6) is 17.2 Å². The highest BCUT2D eigenvalue weighted by molar-refractivity contribution is 5.97. The van der Waals surface area contributed by atoms with Crippen molar-refractivity contribution < 1.29 is 24.2 Å². The van der Waals surface area contributed by atoms with E-state index in [2.05, 4.69) is 15.8 Å². The minimum absolute atomic E-state index is 0.126. The highest BCUT2D eigenvalue weighted by atomic mass is 16.7. The van der Waals surface area contributed by atoms with Gasteiger partial charge in [-0.3, -0.25) is 9.59 Å². The normalized spacial score (nSPS) is 12.2. The monoisotopic (exact) mass is 369 g/mol. The molecule has 0 aliphatic carbocycles. The fourth-order valence-corrected chi connectivity index (χ4v) is 2.58. The molecule has 0 spiro atoms. The number of hydrogen-bond acceptors (Lipinski definition) is 6. The number of hydrazone groups is 1. The van der Waals surface area contributed by atoms with Crippen LogP contribution in [0.15, 0.2) is 35.4 Å². The van der Waals surface area contributed by atoms with Gasteiger partial charge in [-0.2, -0.15) is 5.10 Å². The summed E-state index contributed by atoms with van der Waals surface area (Å²) in [5, 5.41) is 16.1. The van der Waals surface area contributed by atoms with E-state index < -0.39 is 11.8 Å². The Kier molecular flexibility index (Phi) is 5.25. The van der Waals surface area contributed by atoms with E-state index in [1.807, 2.05) is 0 Å². The molecule has 2 aromatic carbocycles.